The lowest BCUT2D eigenvalue weighted by molar-refractivity contribution is -0.103. The topological polar surface area (TPSA) is 46.9 Å². The SMILES string of the molecule is Cc1cc2c(cc1Cl)-c1c(c(C(=O)NCC3CCC4CC3C4(C)C)nn1-c1ccc(Cl)cc1Cl)C2. The van der Waals surface area contributed by atoms with E-state index in [1.807, 2.05) is 19.1 Å². The van der Waals surface area contributed by atoms with Crippen LogP contribution in [0.4, 0.5) is 0 Å². The van der Waals surface area contributed by atoms with E-state index in [9.17, 15) is 4.79 Å². The van der Waals surface area contributed by atoms with Crippen LogP contribution in [0, 0.1) is 30.1 Å². The van der Waals surface area contributed by atoms with Crippen LogP contribution in [0.5, 0.6) is 0 Å². The lowest BCUT2D eigenvalue weighted by Crippen LogP contribution is -2.54. The van der Waals surface area contributed by atoms with Crippen molar-refractivity contribution in [3.05, 3.63) is 67.8 Å². The molecule has 4 nitrogen and oxygen atoms in total. The molecule has 7 rings (SSSR count). The van der Waals surface area contributed by atoms with Gasteiger partial charge in [0, 0.05) is 34.1 Å². The number of halogens is 3. The molecule has 4 aliphatic carbocycles. The summed E-state index contributed by atoms with van der Waals surface area (Å²) in [5, 5.41) is 9.75. The quantitative estimate of drug-likeness (QED) is 0.298. The van der Waals surface area contributed by atoms with Gasteiger partial charge in [0.15, 0.2) is 5.69 Å². The van der Waals surface area contributed by atoms with Crippen molar-refractivity contribution in [1.29, 1.82) is 0 Å². The Balaban J connectivity index is 1.37. The van der Waals surface area contributed by atoms with Gasteiger partial charge in [-0.2, -0.15) is 5.10 Å². The molecule has 0 radical (unpaired) electrons. The molecule has 1 N–H and O–H groups in total. The van der Waals surface area contributed by atoms with Crippen molar-refractivity contribution >= 4 is 40.7 Å². The number of benzene rings is 2. The summed E-state index contributed by atoms with van der Waals surface area (Å²) in [6.07, 6.45) is 4.38. The Morgan fingerprint density at radius 1 is 1.14 bits per heavy atom. The number of carbonyl (C=O) groups excluding carboxylic acids is 1. The first-order valence-corrected chi connectivity index (χ1v) is 13.4. The van der Waals surface area contributed by atoms with Crippen LogP contribution >= 0.6 is 34.8 Å². The predicted octanol–water partition coefficient (Wildman–Crippen LogP) is 7.51. The van der Waals surface area contributed by atoms with E-state index in [0.29, 0.717) is 56.7 Å². The maximum Gasteiger partial charge on any atom is 0.272 e. The largest absolute Gasteiger partial charge is 0.350 e. The Hall–Kier alpha value is -2.01. The van der Waals surface area contributed by atoms with Gasteiger partial charge in [-0.25, -0.2) is 4.68 Å². The van der Waals surface area contributed by atoms with E-state index in [0.717, 1.165) is 33.9 Å². The average Bonchev–Trinajstić information content (AvgIpc) is 3.35. The number of nitrogens with one attached hydrogen (secondary N) is 1. The minimum Gasteiger partial charge on any atom is -0.350 e. The zero-order chi connectivity index (χ0) is 24.6. The van der Waals surface area contributed by atoms with Gasteiger partial charge >= 0.3 is 0 Å². The van der Waals surface area contributed by atoms with Gasteiger partial charge in [0.2, 0.25) is 0 Å². The molecule has 3 unspecified atom stereocenters. The fraction of sp³-hybridized carbons (Fsp3) is 0.429. The highest BCUT2D eigenvalue weighted by atomic mass is 35.5. The molecule has 2 aromatic carbocycles. The molecule has 182 valence electrons. The third-order valence-corrected chi connectivity index (χ3v) is 9.81. The van der Waals surface area contributed by atoms with Crippen LogP contribution in [-0.2, 0) is 6.42 Å². The second-order valence-corrected chi connectivity index (χ2v) is 12.3. The highest BCUT2D eigenvalue weighted by molar-refractivity contribution is 6.35. The Bertz CT molecular complexity index is 1370. The van der Waals surface area contributed by atoms with E-state index < -0.39 is 0 Å². The van der Waals surface area contributed by atoms with Crippen molar-refractivity contribution < 1.29 is 4.79 Å². The molecule has 0 saturated heterocycles. The molecule has 0 aliphatic heterocycles. The zero-order valence-electron chi connectivity index (χ0n) is 20.1. The number of aryl methyl sites for hydroxylation is 1. The number of carbonyl (C=O) groups is 1. The first-order chi connectivity index (χ1) is 16.6. The maximum absolute atomic E-state index is 13.5. The summed E-state index contributed by atoms with van der Waals surface area (Å²) in [4.78, 5) is 13.5. The predicted molar refractivity (Wildman–Crippen MR) is 142 cm³/mol. The summed E-state index contributed by atoms with van der Waals surface area (Å²) >= 11 is 19.2. The summed E-state index contributed by atoms with van der Waals surface area (Å²) in [5.74, 6) is 1.93. The standard InChI is InChI=1S/C28H28Cl3N3O/c1-14-8-16-9-20-25(27(35)32-13-15-4-5-17-10-21(15)28(17,2)3)33-34(26(20)19(16)12-22(14)30)24-7-6-18(29)11-23(24)31/h6-8,11-12,15,17,21H,4-5,9-10,13H2,1-3H3,(H,32,35). The van der Waals surface area contributed by atoms with Gasteiger partial charge in [-0.15, -0.1) is 0 Å². The van der Waals surface area contributed by atoms with E-state index in [1.54, 1.807) is 16.8 Å². The Morgan fingerprint density at radius 2 is 1.94 bits per heavy atom. The number of fused-ring (bicyclic) bond motifs is 5. The fourth-order valence-electron chi connectivity index (χ4n) is 6.72. The Morgan fingerprint density at radius 3 is 2.66 bits per heavy atom. The molecule has 3 saturated carbocycles. The summed E-state index contributed by atoms with van der Waals surface area (Å²) in [6, 6.07) is 9.39. The highest BCUT2D eigenvalue weighted by Crippen LogP contribution is 2.61. The van der Waals surface area contributed by atoms with Crippen molar-refractivity contribution in [3.63, 3.8) is 0 Å². The van der Waals surface area contributed by atoms with Crippen LogP contribution in [0.3, 0.4) is 0 Å². The van der Waals surface area contributed by atoms with Gasteiger partial charge in [0.1, 0.15) is 0 Å². The summed E-state index contributed by atoms with van der Waals surface area (Å²) in [7, 11) is 0. The lowest BCUT2D eigenvalue weighted by atomic mass is 9.45. The number of hydrogen-bond donors (Lipinski definition) is 1. The van der Waals surface area contributed by atoms with Crippen molar-refractivity contribution in [2.45, 2.75) is 46.5 Å². The Labute approximate surface area is 221 Å². The van der Waals surface area contributed by atoms with Gasteiger partial charge in [-0.1, -0.05) is 54.7 Å². The number of amides is 1. The lowest BCUT2D eigenvalue weighted by Gasteiger charge is -2.60. The third-order valence-electron chi connectivity index (χ3n) is 8.87. The van der Waals surface area contributed by atoms with Gasteiger partial charge in [0.25, 0.3) is 5.91 Å². The minimum atomic E-state index is -0.125. The molecule has 7 heteroatoms. The highest BCUT2D eigenvalue weighted by Gasteiger charge is 2.54. The summed E-state index contributed by atoms with van der Waals surface area (Å²) < 4.78 is 1.78. The van der Waals surface area contributed by atoms with Crippen molar-refractivity contribution in [2.24, 2.45) is 23.2 Å². The monoisotopic (exact) mass is 527 g/mol. The molecule has 4 aliphatic rings. The molecule has 3 fully saturated rings. The minimum absolute atomic E-state index is 0.125. The number of rotatable bonds is 4. The molecule has 1 heterocycles. The van der Waals surface area contributed by atoms with E-state index in [4.69, 9.17) is 39.9 Å². The maximum atomic E-state index is 13.5. The second kappa shape index (κ2) is 8.26. The molecule has 2 bridgehead atoms. The van der Waals surface area contributed by atoms with Crippen LogP contribution < -0.4 is 5.32 Å². The van der Waals surface area contributed by atoms with Crippen LogP contribution in [0.2, 0.25) is 15.1 Å². The van der Waals surface area contributed by atoms with Crippen LogP contribution in [0.1, 0.15) is 60.3 Å². The summed E-state index contributed by atoms with van der Waals surface area (Å²) in [6.45, 7) is 7.46. The smallest absolute Gasteiger partial charge is 0.272 e. The molecule has 1 aromatic heterocycles. The molecular weight excluding hydrogens is 501 g/mol. The van der Waals surface area contributed by atoms with E-state index in [1.165, 1.54) is 19.3 Å². The van der Waals surface area contributed by atoms with Crippen LogP contribution in [0.15, 0.2) is 30.3 Å². The second-order valence-electron chi connectivity index (χ2n) is 11.0. The number of hydrogen-bond acceptors (Lipinski definition) is 2. The van der Waals surface area contributed by atoms with Gasteiger partial charge < -0.3 is 5.32 Å². The molecule has 1 amide bonds. The van der Waals surface area contributed by atoms with Crippen LogP contribution in [-0.4, -0.2) is 22.2 Å². The molecule has 0 spiro atoms. The van der Waals surface area contributed by atoms with Crippen LogP contribution in [0.25, 0.3) is 16.9 Å². The number of aromatic nitrogens is 2. The van der Waals surface area contributed by atoms with Gasteiger partial charge in [-0.05, 0) is 84.7 Å². The van der Waals surface area contributed by atoms with E-state index in [2.05, 4.69) is 25.2 Å². The fourth-order valence-corrected chi connectivity index (χ4v) is 7.37. The molecule has 35 heavy (non-hydrogen) atoms. The molecule has 3 atom stereocenters. The van der Waals surface area contributed by atoms with Gasteiger partial charge in [-0.3, -0.25) is 4.79 Å². The first-order valence-electron chi connectivity index (χ1n) is 12.3. The third kappa shape index (κ3) is 3.63. The van der Waals surface area contributed by atoms with Crippen molar-refractivity contribution in [1.82, 2.24) is 15.1 Å². The zero-order valence-corrected chi connectivity index (χ0v) is 22.4. The van der Waals surface area contributed by atoms with E-state index in [-0.39, 0.29) is 5.91 Å². The Kier molecular flexibility index (Phi) is 5.52. The normalized spacial score (nSPS) is 23.4. The molecular formula is C28H28Cl3N3O. The molecule has 3 aromatic rings. The van der Waals surface area contributed by atoms with E-state index >= 15 is 0 Å². The van der Waals surface area contributed by atoms with Gasteiger partial charge in [0.05, 0.1) is 16.4 Å². The van der Waals surface area contributed by atoms with Crippen molar-refractivity contribution in [3.8, 4) is 16.9 Å². The van der Waals surface area contributed by atoms with Crippen molar-refractivity contribution in [2.75, 3.05) is 6.54 Å². The average molecular weight is 529 g/mol. The number of nitrogens with zero attached hydrogens (tertiary/aromatic N) is 2. The first kappa shape index (κ1) is 23.4. The summed E-state index contributed by atoms with van der Waals surface area (Å²) in [5.41, 5.74) is 6.46.